The molecule has 102 heavy (non-hydrogen) atoms. The molecule has 2 heterocycles. The molecule has 0 saturated heterocycles. The molecule has 2 aromatic heterocycles. The molecule has 2 heteroatoms. The lowest BCUT2D eigenvalue weighted by molar-refractivity contribution is 1.19. The van der Waals surface area contributed by atoms with Crippen molar-refractivity contribution in [3.8, 4) is 44.8 Å². The van der Waals surface area contributed by atoms with Gasteiger partial charge in [-0.25, -0.2) is 0 Å². The lowest BCUT2D eigenvalue weighted by atomic mass is 9.85. The fraction of sp³-hybridized carbons (Fsp3) is 0. The minimum atomic E-state index is 1.17. The Morgan fingerprint density at radius 2 is 0.510 bits per heavy atom. The minimum absolute atomic E-state index is 1.17. The van der Waals surface area contributed by atoms with Gasteiger partial charge in [-0.3, -0.25) is 0 Å². The Morgan fingerprint density at radius 3 is 1.05 bits per heavy atom. The van der Waals surface area contributed by atoms with E-state index >= 15 is 0 Å². The number of rotatable bonds is 5. The zero-order chi connectivity index (χ0) is 66.7. The SMILES string of the molecule is c1ccc(-n2c3ccccc3c3c4c5ccccc5c(-c5ccc6ccc7cccc8ccc5c6c78)cc4c4ccccc4c32)cc1.c1ccc(-n2c3ccccc3c3c4c5ccccc5c(-c5cccc(-c6ccc7c8ccccc8c8ccccc8c7c6)c5)cc4c4ccccc4c32)cc1. The van der Waals surface area contributed by atoms with Crippen LogP contribution in [0, 0.1) is 0 Å². The van der Waals surface area contributed by atoms with E-state index in [4.69, 9.17) is 0 Å². The Kier molecular flexibility index (Phi) is 12.2. The number of fused-ring (bicyclic) bond motifs is 26. The van der Waals surface area contributed by atoms with Crippen LogP contribution in [0.5, 0.6) is 0 Å². The molecule has 0 N–H and O–H groups in total. The number of nitrogens with zero attached hydrogens (tertiary/aromatic N) is 2. The molecule has 0 atom stereocenters. The van der Waals surface area contributed by atoms with Crippen molar-refractivity contribution in [2.24, 2.45) is 0 Å². The first kappa shape index (κ1) is 56.6. The second kappa shape index (κ2) is 22.1. The lowest BCUT2D eigenvalue weighted by Crippen LogP contribution is -1.95. The largest absolute Gasteiger partial charge is 0.309 e. The predicted molar refractivity (Wildman–Crippen MR) is 439 cm³/mol. The molecule has 0 saturated carbocycles. The quantitative estimate of drug-likeness (QED) is 0.152. The van der Waals surface area contributed by atoms with Gasteiger partial charge in [-0.05, 0) is 202 Å². The number of para-hydroxylation sites is 4. The molecular weight excluding hydrogens is 1230 g/mol. The molecule has 0 radical (unpaired) electrons. The Hall–Kier alpha value is -13.4. The molecule has 0 bridgehead atoms. The van der Waals surface area contributed by atoms with Gasteiger partial charge in [-0.15, -0.1) is 0 Å². The molecule has 23 rings (SSSR count). The van der Waals surface area contributed by atoms with Crippen LogP contribution < -0.4 is 0 Å². The van der Waals surface area contributed by atoms with Gasteiger partial charge in [0.2, 0.25) is 0 Å². The van der Waals surface area contributed by atoms with Gasteiger partial charge in [0.25, 0.3) is 0 Å². The van der Waals surface area contributed by atoms with Crippen molar-refractivity contribution in [2.75, 3.05) is 0 Å². The molecule has 0 aliphatic heterocycles. The van der Waals surface area contributed by atoms with Crippen LogP contribution in [0.1, 0.15) is 0 Å². The Bertz CT molecular complexity index is 7430. The molecule has 0 amide bonds. The second-order valence-corrected chi connectivity index (χ2v) is 27.6. The Balaban J connectivity index is 0.000000131. The summed E-state index contributed by atoms with van der Waals surface area (Å²) in [7, 11) is 0. The van der Waals surface area contributed by atoms with Crippen LogP contribution in [0.15, 0.2) is 364 Å². The second-order valence-electron chi connectivity index (χ2n) is 27.6. The van der Waals surface area contributed by atoms with Crippen LogP contribution in [0.3, 0.4) is 0 Å². The van der Waals surface area contributed by atoms with Gasteiger partial charge in [-0.1, -0.05) is 303 Å². The number of hydrogen-bond donors (Lipinski definition) is 0. The maximum absolute atomic E-state index is 2.49. The molecule has 0 unspecified atom stereocenters. The van der Waals surface area contributed by atoms with Gasteiger partial charge in [0.05, 0.1) is 22.1 Å². The smallest absolute Gasteiger partial charge is 0.0626 e. The predicted octanol–water partition coefficient (Wildman–Crippen LogP) is 27.8. The molecule has 21 aromatic carbocycles. The van der Waals surface area contributed by atoms with Gasteiger partial charge >= 0.3 is 0 Å². The summed E-state index contributed by atoms with van der Waals surface area (Å²) < 4.78 is 4.93. The van der Waals surface area contributed by atoms with Crippen LogP contribution in [-0.4, -0.2) is 9.13 Å². The topological polar surface area (TPSA) is 9.86 Å². The van der Waals surface area contributed by atoms with Crippen LogP contribution in [-0.2, 0) is 0 Å². The number of benzene rings is 21. The van der Waals surface area contributed by atoms with Gasteiger partial charge < -0.3 is 9.13 Å². The van der Waals surface area contributed by atoms with E-state index in [1.54, 1.807) is 0 Å². The van der Waals surface area contributed by atoms with E-state index in [1.807, 2.05) is 0 Å². The van der Waals surface area contributed by atoms with Gasteiger partial charge in [0.1, 0.15) is 0 Å². The van der Waals surface area contributed by atoms with Crippen molar-refractivity contribution in [1.82, 2.24) is 9.13 Å². The van der Waals surface area contributed by atoms with E-state index in [-0.39, 0.29) is 0 Å². The van der Waals surface area contributed by atoms with Crippen LogP contribution in [0.4, 0.5) is 0 Å². The zero-order valence-electron chi connectivity index (χ0n) is 55.5. The van der Waals surface area contributed by atoms with E-state index in [2.05, 4.69) is 373 Å². The lowest BCUT2D eigenvalue weighted by Gasteiger charge is -2.18. The fourth-order valence-corrected chi connectivity index (χ4v) is 18.1. The molecule has 2 nitrogen and oxygen atoms in total. The van der Waals surface area contributed by atoms with E-state index in [0.717, 1.165) is 0 Å². The molecule has 470 valence electrons. The minimum Gasteiger partial charge on any atom is -0.309 e. The summed E-state index contributed by atoms with van der Waals surface area (Å²) >= 11 is 0. The van der Waals surface area contributed by atoms with Gasteiger partial charge in [-0.2, -0.15) is 0 Å². The highest BCUT2D eigenvalue weighted by molar-refractivity contribution is 6.40. The standard InChI is InChI=1S/C54H33N.C46H27N/c1-2-17-37(18-3-1)55-51-28-13-12-27-47(51)53-52-45-25-10-8-23-42(45)48(33-50(52)43-24-9-11-26-46(43)54(53)55)36-16-14-15-34(31-36)35-29-30-44-40-21-5-4-19-38(40)39-20-6-7-22-41(39)49(44)32-35;1-2-13-31(14-3-1)47-41-20-9-8-19-38(41)45-44-35-17-6-4-15-32(35)39(27-40(44)33-16-5-7-18-37(33)46(45)47)34-25-23-30-22-21-28-11-10-12-29-24-26-36(34)43(30)42(28)29/h1-33H;1-27H. The van der Waals surface area contributed by atoms with E-state index in [0.29, 0.717) is 0 Å². The van der Waals surface area contributed by atoms with Gasteiger partial charge in [0, 0.05) is 54.5 Å². The molecule has 0 fully saturated rings. The van der Waals surface area contributed by atoms with E-state index in [9.17, 15) is 0 Å². The summed E-state index contributed by atoms with van der Waals surface area (Å²) in [5.74, 6) is 0. The maximum Gasteiger partial charge on any atom is 0.0626 e. The molecule has 0 aliphatic carbocycles. The average molecular weight is 1290 g/mol. The first-order valence-electron chi connectivity index (χ1n) is 35.5. The molecular formula is C100H60N2. The highest BCUT2D eigenvalue weighted by atomic mass is 15.0. The summed E-state index contributed by atoms with van der Waals surface area (Å²) in [4.78, 5) is 0. The number of hydrogen-bond acceptors (Lipinski definition) is 0. The summed E-state index contributed by atoms with van der Waals surface area (Å²) in [6.45, 7) is 0. The third kappa shape index (κ3) is 8.18. The van der Waals surface area contributed by atoms with E-state index < -0.39 is 0 Å². The van der Waals surface area contributed by atoms with Crippen molar-refractivity contribution in [3.05, 3.63) is 364 Å². The summed E-state index contributed by atoms with van der Waals surface area (Å²) in [6, 6.07) is 135. The third-order valence-corrected chi connectivity index (χ3v) is 22.4. The maximum atomic E-state index is 2.49. The highest BCUT2D eigenvalue weighted by Crippen LogP contribution is 2.51. The van der Waals surface area contributed by atoms with Crippen LogP contribution in [0.2, 0.25) is 0 Å². The summed E-state index contributed by atoms with van der Waals surface area (Å²) in [5.41, 5.74) is 14.8. The monoisotopic (exact) mass is 1290 g/mol. The molecule has 0 aliphatic rings. The number of aromatic nitrogens is 2. The fourth-order valence-electron chi connectivity index (χ4n) is 18.1. The zero-order valence-corrected chi connectivity index (χ0v) is 55.5. The first-order valence-corrected chi connectivity index (χ1v) is 35.5. The van der Waals surface area contributed by atoms with E-state index in [1.165, 1.54) is 218 Å². The van der Waals surface area contributed by atoms with Crippen molar-refractivity contribution in [3.63, 3.8) is 0 Å². The highest BCUT2D eigenvalue weighted by Gasteiger charge is 2.25. The van der Waals surface area contributed by atoms with Crippen molar-refractivity contribution >= 4 is 173 Å². The first-order chi connectivity index (χ1) is 50.7. The molecule has 0 spiro atoms. The van der Waals surface area contributed by atoms with Gasteiger partial charge in [0.15, 0.2) is 0 Å². The Morgan fingerprint density at radius 1 is 0.147 bits per heavy atom. The average Bonchev–Trinajstić information content (AvgIpc) is 1.38. The normalized spacial score (nSPS) is 12.1. The molecule has 23 aromatic rings. The van der Waals surface area contributed by atoms with Crippen molar-refractivity contribution in [2.45, 2.75) is 0 Å². The third-order valence-electron chi connectivity index (χ3n) is 22.4. The summed E-state index contributed by atoms with van der Waals surface area (Å²) in [5, 5.41) is 36.2. The van der Waals surface area contributed by atoms with Crippen LogP contribution in [0.25, 0.3) is 218 Å². The summed E-state index contributed by atoms with van der Waals surface area (Å²) in [6.07, 6.45) is 0. The Labute approximate surface area is 587 Å². The van der Waals surface area contributed by atoms with Crippen molar-refractivity contribution < 1.29 is 0 Å². The van der Waals surface area contributed by atoms with Crippen LogP contribution >= 0.6 is 0 Å². The van der Waals surface area contributed by atoms with Crippen molar-refractivity contribution in [1.29, 1.82) is 0 Å².